The molecule has 0 aromatic heterocycles. The van der Waals surface area contributed by atoms with E-state index in [0.717, 1.165) is 18.9 Å². The van der Waals surface area contributed by atoms with Gasteiger partial charge in [-0.05, 0) is 53.1 Å². The summed E-state index contributed by atoms with van der Waals surface area (Å²) in [6, 6.07) is 0. The van der Waals surface area contributed by atoms with Gasteiger partial charge in [0.2, 0.25) is 10.0 Å². The van der Waals surface area contributed by atoms with Gasteiger partial charge in [-0.2, -0.15) is 0 Å². The van der Waals surface area contributed by atoms with Crippen molar-refractivity contribution in [3.8, 4) is 0 Å². The molecule has 0 amide bonds. The van der Waals surface area contributed by atoms with Crippen LogP contribution >= 0.6 is 0 Å². The highest BCUT2D eigenvalue weighted by Gasteiger charge is 2.27. The predicted molar refractivity (Wildman–Crippen MR) is 106 cm³/mol. The quantitative estimate of drug-likeness (QED) is 0.358. The molecule has 0 unspecified atom stereocenters. The molecule has 0 spiro atoms. The van der Waals surface area contributed by atoms with E-state index in [2.05, 4.69) is 34.4 Å². The third-order valence-corrected chi connectivity index (χ3v) is 6.77. The lowest BCUT2D eigenvalue weighted by molar-refractivity contribution is 0.0982. The summed E-state index contributed by atoms with van der Waals surface area (Å²) in [5.41, 5.74) is 0.0907. The molecule has 0 bridgehead atoms. The lowest BCUT2D eigenvalue weighted by atomic mass is 9.98. The predicted octanol–water partition coefficient (Wildman–Crippen LogP) is 1.09. The number of hydrogen-bond donors (Lipinski definition) is 2. The zero-order valence-electron chi connectivity index (χ0n) is 16.6. The molecule has 0 atom stereocenters. The number of aliphatic imine (C=N–C) groups is 1. The zero-order valence-corrected chi connectivity index (χ0v) is 17.5. The number of sulfonamides is 1. The standard InChI is InChI=1S/C17H37N5O2S/c1-6-25(23,24)21(5)12-10-11-19-16(18-4)20-15-17(2,3)22-13-8-7-9-14-22/h6-15H2,1-5H3,(H2,18,19,20). The van der Waals surface area contributed by atoms with E-state index in [1.807, 2.05) is 0 Å². The minimum atomic E-state index is -3.09. The number of hydrogen-bond acceptors (Lipinski definition) is 4. The molecule has 1 rings (SSSR count). The Labute approximate surface area is 154 Å². The molecule has 8 heteroatoms. The van der Waals surface area contributed by atoms with Crippen LogP contribution in [0.1, 0.15) is 46.5 Å². The van der Waals surface area contributed by atoms with Crippen molar-refractivity contribution in [2.45, 2.75) is 52.0 Å². The SMILES string of the molecule is CCS(=O)(=O)N(C)CCCNC(=NC)NCC(C)(C)N1CCCCC1. The lowest BCUT2D eigenvalue weighted by Crippen LogP contribution is -2.55. The van der Waals surface area contributed by atoms with E-state index in [9.17, 15) is 8.42 Å². The summed E-state index contributed by atoms with van der Waals surface area (Å²) in [6.07, 6.45) is 4.65. The van der Waals surface area contributed by atoms with Crippen LogP contribution in [0.2, 0.25) is 0 Å². The Morgan fingerprint density at radius 1 is 1.20 bits per heavy atom. The fourth-order valence-corrected chi connectivity index (χ4v) is 3.85. The third-order valence-electron chi connectivity index (χ3n) is 4.91. The number of likely N-dealkylation sites (tertiary alicyclic amines) is 1. The summed E-state index contributed by atoms with van der Waals surface area (Å²) in [7, 11) is 0.300. The molecule has 1 heterocycles. The van der Waals surface area contributed by atoms with Gasteiger partial charge in [-0.25, -0.2) is 12.7 Å². The Balaban J connectivity index is 2.32. The van der Waals surface area contributed by atoms with Crippen LogP contribution in [0.15, 0.2) is 4.99 Å². The average Bonchev–Trinajstić information content (AvgIpc) is 2.61. The van der Waals surface area contributed by atoms with Gasteiger partial charge in [0.15, 0.2) is 5.96 Å². The molecular formula is C17H37N5O2S. The van der Waals surface area contributed by atoms with Crippen molar-refractivity contribution in [3.63, 3.8) is 0 Å². The second kappa shape index (κ2) is 10.3. The van der Waals surface area contributed by atoms with Gasteiger partial charge < -0.3 is 10.6 Å². The van der Waals surface area contributed by atoms with E-state index in [1.165, 1.54) is 36.7 Å². The molecule has 0 radical (unpaired) electrons. The van der Waals surface area contributed by atoms with Crippen LogP contribution in [0, 0.1) is 0 Å². The number of nitrogens with zero attached hydrogens (tertiary/aromatic N) is 3. The van der Waals surface area contributed by atoms with E-state index >= 15 is 0 Å². The summed E-state index contributed by atoms with van der Waals surface area (Å²) < 4.78 is 24.8. The molecule has 25 heavy (non-hydrogen) atoms. The summed E-state index contributed by atoms with van der Waals surface area (Å²) in [5, 5.41) is 6.67. The van der Waals surface area contributed by atoms with Gasteiger partial charge in [0.1, 0.15) is 0 Å². The van der Waals surface area contributed by atoms with Crippen LogP contribution in [0.25, 0.3) is 0 Å². The van der Waals surface area contributed by atoms with Crippen molar-refractivity contribution in [2.24, 2.45) is 4.99 Å². The molecule has 1 fully saturated rings. The topological polar surface area (TPSA) is 77.0 Å². The third kappa shape index (κ3) is 7.50. The van der Waals surface area contributed by atoms with Gasteiger partial charge in [0.25, 0.3) is 0 Å². The van der Waals surface area contributed by atoms with Crippen LogP contribution < -0.4 is 10.6 Å². The van der Waals surface area contributed by atoms with Gasteiger partial charge in [-0.1, -0.05) is 6.42 Å². The smallest absolute Gasteiger partial charge is 0.213 e. The second-order valence-corrected chi connectivity index (χ2v) is 9.65. The summed E-state index contributed by atoms with van der Waals surface area (Å²) in [6.45, 7) is 10.6. The first kappa shape index (κ1) is 22.2. The lowest BCUT2D eigenvalue weighted by Gasteiger charge is -2.41. The maximum atomic E-state index is 11.7. The first-order valence-electron chi connectivity index (χ1n) is 9.36. The molecular weight excluding hydrogens is 338 g/mol. The molecule has 0 saturated carbocycles. The molecule has 0 aromatic carbocycles. The van der Waals surface area contributed by atoms with Crippen LogP contribution in [0.4, 0.5) is 0 Å². The fourth-order valence-electron chi connectivity index (χ4n) is 3.00. The van der Waals surface area contributed by atoms with Crippen molar-refractivity contribution in [1.29, 1.82) is 0 Å². The molecule has 2 N–H and O–H groups in total. The molecule has 0 aromatic rings. The van der Waals surface area contributed by atoms with Gasteiger partial charge in [-0.3, -0.25) is 9.89 Å². The maximum Gasteiger partial charge on any atom is 0.213 e. The molecule has 1 saturated heterocycles. The van der Waals surface area contributed by atoms with E-state index < -0.39 is 10.0 Å². The number of rotatable bonds is 9. The van der Waals surface area contributed by atoms with E-state index in [1.54, 1.807) is 21.0 Å². The Kier molecular flexibility index (Phi) is 9.16. The summed E-state index contributed by atoms with van der Waals surface area (Å²) in [4.78, 5) is 6.80. The number of guanidine groups is 1. The molecule has 0 aliphatic carbocycles. The van der Waals surface area contributed by atoms with E-state index in [0.29, 0.717) is 13.1 Å². The van der Waals surface area contributed by atoms with Crippen LogP contribution in [0.5, 0.6) is 0 Å². The molecule has 1 aliphatic rings. The maximum absolute atomic E-state index is 11.7. The average molecular weight is 376 g/mol. The Morgan fingerprint density at radius 2 is 1.84 bits per heavy atom. The van der Waals surface area contributed by atoms with Gasteiger partial charge >= 0.3 is 0 Å². The Morgan fingerprint density at radius 3 is 2.40 bits per heavy atom. The summed E-state index contributed by atoms with van der Waals surface area (Å²) >= 11 is 0. The second-order valence-electron chi connectivity index (χ2n) is 7.29. The first-order valence-corrected chi connectivity index (χ1v) is 11.0. The number of piperidine rings is 1. The van der Waals surface area contributed by atoms with Crippen molar-refractivity contribution in [1.82, 2.24) is 19.8 Å². The van der Waals surface area contributed by atoms with Crippen molar-refractivity contribution < 1.29 is 8.42 Å². The Bertz CT molecular complexity index is 513. The van der Waals surface area contributed by atoms with E-state index in [4.69, 9.17) is 0 Å². The Hall–Kier alpha value is -0.860. The fraction of sp³-hybridized carbons (Fsp3) is 0.941. The molecule has 148 valence electrons. The highest BCUT2D eigenvalue weighted by molar-refractivity contribution is 7.89. The van der Waals surface area contributed by atoms with Crippen LogP contribution in [-0.2, 0) is 10.0 Å². The van der Waals surface area contributed by atoms with Crippen molar-refractivity contribution in [3.05, 3.63) is 0 Å². The minimum Gasteiger partial charge on any atom is -0.356 e. The largest absolute Gasteiger partial charge is 0.356 e. The first-order chi connectivity index (χ1) is 11.7. The van der Waals surface area contributed by atoms with Crippen molar-refractivity contribution in [2.75, 3.05) is 52.6 Å². The van der Waals surface area contributed by atoms with Gasteiger partial charge in [-0.15, -0.1) is 0 Å². The van der Waals surface area contributed by atoms with Crippen LogP contribution in [-0.4, -0.2) is 81.7 Å². The normalized spacial score (nSPS) is 17.8. The molecule has 7 nitrogen and oxygen atoms in total. The van der Waals surface area contributed by atoms with Crippen molar-refractivity contribution >= 4 is 16.0 Å². The van der Waals surface area contributed by atoms with Gasteiger partial charge in [0, 0.05) is 39.3 Å². The highest BCUT2D eigenvalue weighted by atomic mass is 32.2. The molecule has 1 aliphatic heterocycles. The monoisotopic (exact) mass is 375 g/mol. The minimum absolute atomic E-state index is 0.0907. The van der Waals surface area contributed by atoms with Gasteiger partial charge in [0.05, 0.1) is 5.75 Å². The number of nitrogens with one attached hydrogen (secondary N) is 2. The summed E-state index contributed by atoms with van der Waals surface area (Å²) in [5.74, 6) is 0.914. The zero-order chi connectivity index (χ0) is 18.9. The highest BCUT2D eigenvalue weighted by Crippen LogP contribution is 2.19. The van der Waals surface area contributed by atoms with E-state index in [-0.39, 0.29) is 11.3 Å². The van der Waals surface area contributed by atoms with Crippen LogP contribution in [0.3, 0.4) is 0 Å².